The Hall–Kier alpha value is -0.950. The molecule has 0 aromatic rings. The maximum atomic E-state index is 12.2. The Bertz CT molecular complexity index is 626. The van der Waals surface area contributed by atoms with Crippen LogP contribution in [0.3, 0.4) is 0 Å². The molecule has 0 amide bonds. The van der Waals surface area contributed by atoms with Gasteiger partial charge in [-0.2, -0.15) is 0 Å². The van der Waals surface area contributed by atoms with Crippen molar-refractivity contribution in [1.82, 2.24) is 0 Å². The van der Waals surface area contributed by atoms with E-state index in [2.05, 4.69) is 13.8 Å². The average molecular weight is 366 g/mol. The van der Waals surface area contributed by atoms with E-state index in [9.17, 15) is 15.0 Å². The molecular weight excluding hydrogens is 336 g/mol. The van der Waals surface area contributed by atoms with Gasteiger partial charge in [0, 0.05) is 6.42 Å². The lowest BCUT2D eigenvalue weighted by Gasteiger charge is -2.44. The minimum Gasteiger partial charge on any atom is -0.452 e. The Kier molecular flexibility index (Phi) is 4.46. The third kappa shape index (κ3) is 3.01. The molecule has 3 fully saturated rings. The van der Waals surface area contributed by atoms with E-state index in [0.717, 1.165) is 31.3 Å². The van der Waals surface area contributed by atoms with Crippen LogP contribution in [0.15, 0.2) is 11.1 Å². The van der Waals surface area contributed by atoms with E-state index < -0.39 is 23.8 Å². The maximum absolute atomic E-state index is 12.2. The minimum atomic E-state index is -1.02. The van der Waals surface area contributed by atoms with Gasteiger partial charge >= 0.3 is 5.97 Å². The molecule has 3 saturated heterocycles. The second-order valence-electron chi connectivity index (χ2n) is 8.97. The van der Waals surface area contributed by atoms with Crippen molar-refractivity contribution in [2.24, 2.45) is 5.92 Å². The van der Waals surface area contributed by atoms with Gasteiger partial charge in [-0.25, -0.2) is 4.79 Å². The van der Waals surface area contributed by atoms with Crippen molar-refractivity contribution in [2.75, 3.05) is 6.61 Å². The molecule has 26 heavy (non-hydrogen) atoms. The molecule has 0 radical (unpaired) electrons. The molecule has 4 aliphatic rings. The molecule has 146 valence electrons. The van der Waals surface area contributed by atoms with Crippen LogP contribution < -0.4 is 0 Å². The fourth-order valence-corrected chi connectivity index (χ4v) is 4.94. The normalized spacial score (nSPS) is 48.8. The van der Waals surface area contributed by atoms with Crippen LogP contribution in [-0.2, 0) is 19.0 Å². The first-order chi connectivity index (χ1) is 12.2. The molecule has 0 spiro atoms. The Morgan fingerprint density at radius 2 is 1.96 bits per heavy atom. The fraction of sp³-hybridized carbons (Fsp3) is 0.850. The maximum Gasteiger partial charge on any atom is 0.337 e. The first-order valence-electron chi connectivity index (χ1n) is 9.84. The first kappa shape index (κ1) is 18.4. The number of hydrogen-bond acceptors (Lipinski definition) is 6. The standard InChI is InChI=1S/C20H30O6/c1-11-5-4-7-20(3)14(26-20)6-8-19(2,23)15-9-12-13(10-21)18(22)25-17(12)16(11)24-15/h11,14-17,21,23H,4-10H2,1-3H3/t11-,14+,15-,16-,17-,19-,20+/m1/s1. The molecule has 6 nitrogen and oxygen atoms in total. The summed E-state index contributed by atoms with van der Waals surface area (Å²) in [5.41, 5.74) is 0.0885. The van der Waals surface area contributed by atoms with Gasteiger partial charge in [-0.3, -0.25) is 0 Å². The van der Waals surface area contributed by atoms with Gasteiger partial charge < -0.3 is 24.4 Å². The van der Waals surface area contributed by atoms with Gasteiger partial charge in [0.05, 0.1) is 35.6 Å². The van der Waals surface area contributed by atoms with Crippen LogP contribution in [0, 0.1) is 5.92 Å². The summed E-state index contributed by atoms with van der Waals surface area (Å²) in [7, 11) is 0. The van der Waals surface area contributed by atoms with Gasteiger partial charge in [-0.05, 0) is 51.0 Å². The zero-order valence-corrected chi connectivity index (χ0v) is 15.9. The highest BCUT2D eigenvalue weighted by atomic mass is 16.6. The van der Waals surface area contributed by atoms with E-state index in [0.29, 0.717) is 18.4 Å². The molecule has 7 atom stereocenters. The van der Waals surface area contributed by atoms with Gasteiger partial charge in [0.1, 0.15) is 6.10 Å². The van der Waals surface area contributed by atoms with Crippen LogP contribution in [-0.4, -0.2) is 58.4 Å². The monoisotopic (exact) mass is 366 g/mol. The molecule has 0 unspecified atom stereocenters. The predicted octanol–water partition coefficient (Wildman–Crippen LogP) is 1.87. The van der Waals surface area contributed by atoms with Crippen molar-refractivity contribution >= 4 is 5.97 Å². The smallest absolute Gasteiger partial charge is 0.337 e. The second kappa shape index (κ2) is 6.30. The summed E-state index contributed by atoms with van der Waals surface area (Å²) < 4.78 is 17.8. The summed E-state index contributed by atoms with van der Waals surface area (Å²) in [4.78, 5) is 12.2. The highest BCUT2D eigenvalue weighted by Crippen LogP contribution is 2.47. The second-order valence-corrected chi connectivity index (χ2v) is 8.97. The number of aliphatic hydroxyl groups is 2. The Morgan fingerprint density at radius 1 is 1.19 bits per heavy atom. The minimum absolute atomic E-state index is 0.0556. The van der Waals surface area contributed by atoms with E-state index in [1.165, 1.54) is 0 Å². The topological polar surface area (TPSA) is 88.5 Å². The van der Waals surface area contributed by atoms with Gasteiger partial charge in [0.2, 0.25) is 0 Å². The fourth-order valence-electron chi connectivity index (χ4n) is 4.94. The number of hydrogen-bond donors (Lipinski definition) is 2. The van der Waals surface area contributed by atoms with Crippen LogP contribution in [0.2, 0.25) is 0 Å². The molecular formula is C20H30O6. The molecule has 2 N–H and O–H groups in total. The number of ether oxygens (including phenoxy) is 3. The Labute approximate surface area is 154 Å². The van der Waals surface area contributed by atoms with E-state index in [1.54, 1.807) is 0 Å². The summed E-state index contributed by atoms with van der Waals surface area (Å²) in [6, 6.07) is 0. The Balaban J connectivity index is 1.65. The highest BCUT2D eigenvalue weighted by Gasteiger charge is 2.54. The van der Waals surface area contributed by atoms with Crippen molar-refractivity contribution in [1.29, 1.82) is 0 Å². The molecule has 0 saturated carbocycles. The zero-order valence-electron chi connectivity index (χ0n) is 15.9. The third-order valence-electron chi connectivity index (χ3n) is 6.93. The van der Waals surface area contributed by atoms with Gasteiger partial charge in [0.15, 0.2) is 6.10 Å². The van der Waals surface area contributed by atoms with E-state index in [4.69, 9.17) is 14.2 Å². The van der Waals surface area contributed by atoms with E-state index in [-0.39, 0.29) is 30.3 Å². The van der Waals surface area contributed by atoms with Crippen LogP contribution in [0.1, 0.15) is 59.3 Å². The number of rotatable bonds is 1. The number of carbonyl (C=O) groups is 1. The molecule has 2 bridgehead atoms. The van der Waals surface area contributed by atoms with E-state index in [1.807, 2.05) is 6.92 Å². The van der Waals surface area contributed by atoms with Crippen molar-refractivity contribution in [3.63, 3.8) is 0 Å². The number of fused-ring (bicyclic) bond motifs is 5. The molecule has 0 aliphatic carbocycles. The predicted molar refractivity (Wildman–Crippen MR) is 93.4 cm³/mol. The highest BCUT2D eigenvalue weighted by molar-refractivity contribution is 5.92. The molecule has 4 aliphatic heterocycles. The lowest BCUT2D eigenvalue weighted by Crippen LogP contribution is -2.52. The molecule has 6 heteroatoms. The van der Waals surface area contributed by atoms with Crippen molar-refractivity contribution < 1.29 is 29.2 Å². The van der Waals surface area contributed by atoms with E-state index >= 15 is 0 Å². The van der Waals surface area contributed by atoms with Gasteiger partial charge in [0.25, 0.3) is 0 Å². The number of esters is 1. The lowest BCUT2D eigenvalue weighted by atomic mass is 9.78. The van der Waals surface area contributed by atoms with Crippen LogP contribution in [0.25, 0.3) is 0 Å². The zero-order chi connectivity index (χ0) is 18.7. The average Bonchev–Trinajstić information content (AvgIpc) is 3.11. The van der Waals surface area contributed by atoms with Gasteiger partial charge in [-0.1, -0.05) is 13.3 Å². The number of aliphatic hydroxyl groups excluding tert-OH is 1. The summed E-state index contributed by atoms with van der Waals surface area (Å²) >= 11 is 0. The summed E-state index contributed by atoms with van der Waals surface area (Å²) in [6.07, 6.45) is 3.85. The molecule has 0 aromatic carbocycles. The first-order valence-corrected chi connectivity index (χ1v) is 9.84. The van der Waals surface area contributed by atoms with Crippen molar-refractivity contribution in [2.45, 2.75) is 94.9 Å². The summed E-state index contributed by atoms with van der Waals surface area (Å²) in [5.74, 6) is -0.264. The largest absolute Gasteiger partial charge is 0.452 e. The molecule has 4 rings (SSSR count). The van der Waals surface area contributed by atoms with Crippen LogP contribution >= 0.6 is 0 Å². The molecule has 4 heterocycles. The summed E-state index contributed by atoms with van der Waals surface area (Å²) in [5, 5.41) is 20.8. The quantitative estimate of drug-likeness (QED) is 0.544. The Morgan fingerprint density at radius 3 is 2.69 bits per heavy atom. The van der Waals surface area contributed by atoms with Crippen molar-refractivity contribution in [3.8, 4) is 0 Å². The summed E-state index contributed by atoms with van der Waals surface area (Å²) in [6.45, 7) is 5.76. The van der Waals surface area contributed by atoms with Crippen LogP contribution in [0.4, 0.5) is 0 Å². The lowest BCUT2D eigenvalue weighted by molar-refractivity contribution is -0.188. The SMILES string of the molecule is C[C@@H]1CCC[C@]2(C)O[C@H]2CC[C@@](C)(O)[C@H]2CC3=C(CO)C(=O)O[C@H]3[C@@H]1O2. The molecule has 0 aromatic heterocycles. The number of carbonyl (C=O) groups excluding carboxylic acids is 1. The van der Waals surface area contributed by atoms with Gasteiger partial charge in [-0.15, -0.1) is 0 Å². The number of epoxide rings is 1. The van der Waals surface area contributed by atoms with Crippen molar-refractivity contribution in [3.05, 3.63) is 11.1 Å². The van der Waals surface area contributed by atoms with Crippen LogP contribution in [0.5, 0.6) is 0 Å². The third-order valence-corrected chi connectivity index (χ3v) is 6.93.